The van der Waals surface area contributed by atoms with Crippen LogP contribution in [0.3, 0.4) is 0 Å². The molecule has 2 aromatic heterocycles. The van der Waals surface area contributed by atoms with E-state index in [9.17, 15) is 31.5 Å². The van der Waals surface area contributed by atoms with E-state index in [-0.39, 0.29) is 29.8 Å². The number of alkyl halides is 3. The van der Waals surface area contributed by atoms with E-state index in [0.29, 0.717) is 34.1 Å². The van der Waals surface area contributed by atoms with Gasteiger partial charge in [0.1, 0.15) is 10.3 Å². The largest absolute Gasteiger partial charge is 0.416 e. The van der Waals surface area contributed by atoms with Crippen molar-refractivity contribution >= 4 is 44.8 Å². The lowest BCUT2D eigenvalue weighted by Crippen LogP contribution is -2.45. The van der Waals surface area contributed by atoms with Gasteiger partial charge in [0, 0.05) is 18.7 Å². The molecule has 210 valence electrons. The topological polar surface area (TPSA) is 125 Å². The van der Waals surface area contributed by atoms with Crippen LogP contribution in [0, 0.1) is 0 Å². The minimum Gasteiger partial charge on any atom is -0.392 e. The van der Waals surface area contributed by atoms with E-state index in [1.807, 2.05) is 0 Å². The molecule has 1 aliphatic heterocycles. The lowest BCUT2D eigenvalue weighted by atomic mass is 10.1. The molecule has 1 aromatic carbocycles. The van der Waals surface area contributed by atoms with E-state index < -0.39 is 39.8 Å². The van der Waals surface area contributed by atoms with Gasteiger partial charge in [-0.2, -0.15) is 17.5 Å². The summed E-state index contributed by atoms with van der Waals surface area (Å²) < 4.78 is 66.6. The minimum absolute atomic E-state index is 0.0537. The van der Waals surface area contributed by atoms with Crippen molar-refractivity contribution in [2.45, 2.75) is 48.8 Å². The second kappa shape index (κ2) is 11.8. The number of amides is 1. The van der Waals surface area contributed by atoms with Crippen molar-refractivity contribution in [1.29, 1.82) is 0 Å². The highest BCUT2D eigenvalue weighted by Crippen LogP contribution is 2.33. The van der Waals surface area contributed by atoms with Crippen LogP contribution in [0.5, 0.6) is 0 Å². The van der Waals surface area contributed by atoms with E-state index in [1.165, 1.54) is 30.3 Å². The first-order chi connectivity index (χ1) is 18.3. The molecule has 0 aliphatic carbocycles. The number of rotatable bonds is 9. The molecule has 9 nitrogen and oxygen atoms in total. The molecule has 3 N–H and O–H groups in total. The monoisotopic (exact) mass is 603 g/mol. The second-order valence-electron chi connectivity index (χ2n) is 8.92. The van der Waals surface area contributed by atoms with E-state index in [0.717, 1.165) is 27.8 Å². The first-order valence-electron chi connectivity index (χ1n) is 11.9. The van der Waals surface area contributed by atoms with Crippen molar-refractivity contribution in [1.82, 2.24) is 19.6 Å². The number of nitrogens with zero attached hydrogens (tertiary/aromatic N) is 3. The van der Waals surface area contributed by atoms with Gasteiger partial charge in [-0.15, -0.1) is 11.3 Å². The van der Waals surface area contributed by atoms with Crippen LogP contribution in [0.2, 0.25) is 4.34 Å². The Morgan fingerprint density at radius 1 is 1.23 bits per heavy atom. The Bertz CT molecular complexity index is 1430. The molecule has 2 atom stereocenters. The second-order valence-corrected chi connectivity index (χ2v) is 12.8. The van der Waals surface area contributed by atoms with Crippen molar-refractivity contribution in [3.05, 3.63) is 58.1 Å². The average Bonchev–Trinajstić information content (AvgIpc) is 3.56. The fourth-order valence-electron chi connectivity index (χ4n) is 4.02. The van der Waals surface area contributed by atoms with Crippen LogP contribution in [0.1, 0.15) is 31.0 Å². The number of hydrogen-bond donors (Lipinski definition) is 3. The molecule has 0 bridgehead atoms. The molecular formula is C24H25ClF3N5O4S2. The van der Waals surface area contributed by atoms with Gasteiger partial charge in [0.05, 0.1) is 33.9 Å². The van der Waals surface area contributed by atoms with Gasteiger partial charge in [-0.1, -0.05) is 23.7 Å². The van der Waals surface area contributed by atoms with Crippen LogP contribution in [0.4, 0.5) is 19.1 Å². The van der Waals surface area contributed by atoms with Crippen LogP contribution in [-0.2, 0) is 27.5 Å². The summed E-state index contributed by atoms with van der Waals surface area (Å²) in [4.78, 5) is 21.7. The lowest BCUT2D eigenvalue weighted by Gasteiger charge is -2.22. The minimum atomic E-state index is -4.49. The number of aromatic nitrogens is 2. The predicted molar refractivity (Wildman–Crippen MR) is 141 cm³/mol. The van der Waals surface area contributed by atoms with Gasteiger partial charge in [0.15, 0.2) is 0 Å². The summed E-state index contributed by atoms with van der Waals surface area (Å²) in [7, 11) is -3.91. The van der Waals surface area contributed by atoms with Crippen molar-refractivity contribution in [3.8, 4) is 11.3 Å². The molecule has 1 unspecified atom stereocenters. The van der Waals surface area contributed by atoms with Crippen LogP contribution in [0.15, 0.2) is 46.7 Å². The van der Waals surface area contributed by atoms with Crippen LogP contribution < -0.4 is 10.6 Å². The number of sulfonamides is 1. The summed E-state index contributed by atoms with van der Waals surface area (Å²) >= 11 is 6.82. The number of thiophene rings is 1. The number of benzene rings is 1. The van der Waals surface area contributed by atoms with E-state index in [4.69, 9.17) is 11.6 Å². The number of aliphatic hydroxyl groups is 1. The normalized spacial score (nSPS) is 17.2. The van der Waals surface area contributed by atoms with E-state index >= 15 is 0 Å². The summed E-state index contributed by atoms with van der Waals surface area (Å²) in [5, 5.41) is 15.2. The summed E-state index contributed by atoms with van der Waals surface area (Å²) in [6.07, 6.45) is -4.36. The molecule has 1 amide bonds. The Balaban J connectivity index is 1.53. The Labute approximate surface area is 232 Å². The molecular weight excluding hydrogens is 579 g/mol. The maximum atomic E-state index is 13.1. The first kappa shape index (κ1) is 29.2. The maximum absolute atomic E-state index is 13.1. The number of aliphatic hydroxyl groups excluding tert-OH is 1. The molecule has 4 rings (SSSR count). The van der Waals surface area contributed by atoms with Gasteiger partial charge in [0.25, 0.3) is 10.0 Å². The number of hydrogen-bond acceptors (Lipinski definition) is 8. The van der Waals surface area contributed by atoms with Crippen molar-refractivity contribution in [3.63, 3.8) is 0 Å². The zero-order chi connectivity index (χ0) is 28.4. The van der Waals surface area contributed by atoms with Crippen LogP contribution in [-0.4, -0.2) is 58.9 Å². The van der Waals surface area contributed by atoms with Crippen LogP contribution >= 0.6 is 22.9 Å². The number of carbonyl (C=O) groups excluding carboxylic acids is 1. The van der Waals surface area contributed by atoms with Gasteiger partial charge in [-0.05, 0) is 50.1 Å². The molecule has 3 heterocycles. The van der Waals surface area contributed by atoms with E-state index in [2.05, 4.69) is 20.6 Å². The summed E-state index contributed by atoms with van der Waals surface area (Å²) in [6.45, 7) is 1.77. The Kier molecular flexibility index (Phi) is 8.81. The quantitative estimate of drug-likeness (QED) is 0.336. The average molecular weight is 604 g/mol. The third-order valence-electron chi connectivity index (χ3n) is 5.90. The van der Waals surface area contributed by atoms with Gasteiger partial charge in [-0.3, -0.25) is 4.79 Å². The lowest BCUT2D eigenvalue weighted by molar-refractivity contribution is -0.137. The maximum Gasteiger partial charge on any atom is 0.416 e. The summed E-state index contributed by atoms with van der Waals surface area (Å²) in [5.74, 6) is -0.399. The number of anilines is 1. The highest BCUT2D eigenvalue weighted by molar-refractivity contribution is 7.91. The van der Waals surface area contributed by atoms with Crippen molar-refractivity contribution < 1.29 is 31.5 Å². The third-order valence-corrected chi connectivity index (χ3v) is 9.51. The van der Waals surface area contributed by atoms with Gasteiger partial charge in [-0.25, -0.2) is 18.4 Å². The highest BCUT2D eigenvalue weighted by atomic mass is 35.5. The smallest absolute Gasteiger partial charge is 0.392 e. The molecule has 0 saturated carbocycles. The SMILES string of the molecule is CC(O)CNc1nc(CNC(=O)[C@H]2CCCN2S(=O)(=O)c2ccc(Cl)s2)cc(-c2ccc(C(F)(F)F)cc2)n1. The molecule has 1 fully saturated rings. The molecule has 1 aliphatic rings. The Hall–Kier alpha value is -2.78. The first-order valence-corrected chi connectivity index (χ1v) is 14.5. The fraction of sp³-hybridized carbons (Fsp3) is 0.375. The molecule has 0 radical (unpaired) electrons. The zero-order valence-corrected chi connectivity index (χ0v) is 23.0. The zero-order valence-electron chi connectivity index (χ0n) is 20.6. The number of carbonyl (C=O) groups is 1. The molecule has 0 spiro atoms. The fourth-order valence-corrected chi connectivity index (χ4v) is 7.29. The number of nitrogens with one attached hydrogen (secondary N) is 2. The van der Waals surface area contributed by atoms with Gasteiger partial charge in [0.2, 0.25) is 11.9 Å². The van der Waals surface area contributed by atoms with Crippen LogP contribution in [0.25, 0.3) is 11.3 Å². The summed E-state index contributed by atoms with van der Waals surface area (Å²) in [5.41, 5.74) is 0.219. The standard InChI is InChI=1S/C24H25ClF3N5O4S2/c1-14(34)12-30-23-31-17(11-18(32-23)15-4-6-16(7-5-15)24(26,27)28)13-29-22(35)19-3-2-10-33(19)39(36,37)21-9-8-20(25)38-21/h4-9,11,14,19,34H,2-3,10,12-13H2,1H3,(H,29,35)(H,30,31,32)/t14?,19-/m1/s1. The van der Waals surface area contributed by atoms with E-state index in [1.54, 1.807) is 6.92 Å². The molecule has 3 aromatic rings. The molecule has 39 heavy (non-hydrogen) atoms. The Morgan fingerprint density at radius 2 is 1.95 bits per heavy atom. The molecule has 1 saturated heterocycles. The van der Waals surface area contributed by atoms with Gasteiger partial charge < -0.3 is 15.7 Å². The molecule has 15 heteroatoms. The number of halogens is 4. The highest BCUT2D eigenvalue weighted by Gasteiger charge is 2.40. The van der Waals surface area contributed by atoms with Gasteiger partial charge >= 0.3 is 6.18 Å². The predicted octanol–water partition coefficient (Wildman–Crippen LogP) is 4.14. The Morgan fingerprint density at radius 3 is 2.56 bits per heavy atom. The van der Waals surface area contributed by atoms with Crippen molar-refractivity contribution in [2.75, 3.05) is 18.4 Å². The third kappa shape index (κ3) is 7.06. The summed E-state index contributed by atoms with van der Waals surface area (Å²) in [6, 6.07) is 7.94. The van der Waals surface area contributed by atoms with Crippen molar-refractivity contribution in [2.24, 2.45) is 0 Å².